The average molecular weight is 265 g/mol. The Morgan fingerprint density at radius 2 is 2.21 bits per heavy atom. The zero-order valence-corrected chi connectivity index (χ0v) is 10.2. The third kappa shape index (κ3) is 2.92. The van der Waals surface area contributed by atoms with Gasteiger partial charge in [-0.05, 0) is 37.3 Å². The molecule has 1 saturated carbocycles. The number of hydrogen-bond donors (Lipinski definition) is 0. The third-order valence-electron chi connectivity index (χ3n) is 3.14. The van der Waals surface area contributed by atoms with Crippen LogP contribution in [0.25, 0.3) is 11.3 Å². The highest BCUT2D eigenvalue weighted by Crippen LogP contribution is 2.35. The lowest BCUT2D eigenvalue weighted by atomic mass is 10.1. The molecule has 1 heterocycles. The van der Waals surface area contributed by atoms with Crippen molar-refractivity contribution in [3.05, 3.63) is 36.4 Å². The number of halogens is 2. The van der Waals surface area contributed by atoms with Crippen molar-refractivity contribution in [3.63, 3.8) is 0 Å². The van der Waals surface area contributed by atoms with Gasteiger partial charge in [-0.1, -0.05) is 12.1 Å². The molecule has 1 aromatic carbocycles. The molecule has 0 amide bonds. The molecule has 100 valence electrons. The Bertz CT molecular complexity index is 564. The van der Waals surface area contributed by atoms with Crippen LogP contribution in [-0.4, -0.2) is 11.6 Å². The van der Waals surface area contributed by atoms with Crippen LogP contribution in [0.5, 0.6) is 5.75 Å². The fourth-order valence-corrected chi connectivity index (χ4v) is 2.06. The van der Waals surface area contributed by atoms with Crippen LogP contribution in [0.3, 0.4) is 0 Å². The molecular formula is C14H13F2NO2. The number of aromatic nitrogens is 1. The Morgan fingerprint density at radius 1 is 1.37 bits per heavy atom. The van der Waals surface area contributed by atoms with Crippen LogP contribution in [0.15, 0.2) is 35.1 Å². The molecule has 1 aliphatic carbocycles. The summed E-state index contributed by atoms with van der Waals surface area (Å²) in [7, 11) is 0. The van der Waals surface area contributed by atoms with Crippen molar-refractivity contribution in [1.82, 2.24) is 4.98 Å². The first-order valence-corrected chi connectivity index (χ1v) is 6.20. The summed E-state index contributed by atoms with van der Waals surface area (Å²) in [6, 6.07) is 6.50. The summed E-state index contributed by atoms with van der Waals surface area (Å²) in [4.78, 5) is 4.21. The number of ether oxygens (including phenoxy) is 1. The maximum absolute atomic E-state index is 12.2. The molecule has 0 N–H and O–H groups in total. The Labute approximate surface area is 109 Å². The molecule has 1 fully saturated rings. The molecule has 0 radical (unpaired) electrons. The van der Waals surface area contributed by atoms with Gasteiger partial charge in [0.2, 0.25) is 0 Å². The monoisotopic (exact) mass is 265 g/mol. The molecule has 0 aliphatic heterocycles. The van der Waals surface area contributed by atoms with E-state index in [0.717, 1.165) is 12.1 Å². The first-order valence-electron chi connectivity index (χ1n) is 6.20. The van der Waals surface area contributed by atoms with Gasteiger partial charge in [-0.3, -0.25) is 0 Å². The predicted octanol–water partition coefficient (Wildman–Crippen LogP) is 3.90. The molecule has 19 heavy (non-hydrogen) atoms. The van der Waals surface area contributed by atoms with E-state index in [1.807, 2.05) is 0 Å². The van der Waals surface area contributed by atoms with Crippen molar-refractivity contribution in [1.29, 1.82) is 0 Å². The van der Waals surface area contributed by atoms with Crippen LogP contribution in [-0.2, 0) is 6.42 Å². The van der Waals surface area contributed by atoms with Gasteiger partial charge in [0.15, 0.2) is 12.2 Å². The molecule has 1 aliphatic rings. The summed E-state index contributed by atoms with van der Waals surface area (Å²) in [5.74, 6) is 1.46. The van der Waals surface area contributed by atoms with Crippen molar-refractivity contribution in [3.8, 4) is 17.1 Å². The Kier molecular flexibility index (Phi) is 3.19. The third-order valence-corrected chi connectivity index (χ3v) is 3.14. The molecule has 0 unspecified atom stereocenters. The smallest absolute Gasteiger partial charge is 0.387 e. The number of hydrogen-bond acceptors (Lipinski definition) is 3. The van der Waals surface area contributed by atoms with Gasteiger partial charge in [0.05, 0.1) is 5.69 Å². The van der Waals surface area contributed by atoms with E-state index in [0.29, 0.717) is 17.2 Å². The molecule has 2 aromatic rings. The van der Waals surface area contributed by atoms with Crippen LogP contribution in [0.1, 0.15) is 18.5 Å². The quantitative estimate of drug-likeness (QED) is 0.822. The minimum Gasteiger partial charge on any atom is -0.443 e. The summed E-state index contributed by atoms with van der Waals surface area (Å²) in [5.41, 5.74) is 1.60. The minimum atomic E-state index is -2.82. The molecule has 1 aromatic heterocycles. The Hall–Kier alpha value is -1.91. The molecule has 3 rings (SSSR count). The van der Waals surface area contributed by atoms with E-state index in [4.69, 9.17) is 4.42 Å². The molecular weight excluding hydrogens is 252 g/mol. The van der Waals surface area contributed by atoms with E-state index in [1.165, 1.54) is 25.3 Å². The van der Waals surface area contributed by atoms with Gasteiger partial charge in [0, 0.05) is 5.56 Å². The van der Waals surface area contributed by atoms with Crippen LogP contribution in [0, 0.1) is 5.92 Å². The number of rotatable bonds is 5. The van der Waals surface area contributed by atoms with Gasteiger partial charge in [0.1, 0.15) is 5.75 Å². The lowest BCUT2D eigenvalue weighted by Gasteiger charge is -2.06. The fraction of sp³-hybridized carbons (Fsp3) is 0.357. The van der Waals surface area contributed by atoms with Crippen LogP contribution in [0.2, 0.25) is 0 Å². The summed E-state index contributed by atoms with van der Waals surface area (Å²) in [6.07, 6.45) is 4.72. The largest absolute Gasteiger partial charge is 0.443 e. The highest BCUT2D eigenvalue weighted by Gasteiger charge is 2.25. The summed E-state index contributed by atoms with van der Waals surface area (Å²) in [6.45, 7) is -2.82. The first-order chi connectivity index (χ1) is 9.22. The summed E-state index contributed by atoms with van der Waals surface area (Å²) in [5, 5.41) is 0. The topological polar surface area (TPSA) is 35.3 Å². The lowest BCUT2D eigenvalue weighted by Crippen LogP contribution is -2.01. The van der Waals surface area contributed by atoms with Gasteiger partial charge >= 0.3 is 6.61 Å². The second-order valence-corrected chi connectivity index (χ2v) is 4.68. The van der Waals surface area contributed by atoms with Crippen molar-refractivity contribution < 1.29 is 17.9 Å². The normalized spacial score (nSPS) is 14.9. The molecule has 0 bridgehead atoms. The van der Waals surface area contributed by atoms with Gasteiger partial charge in [-0.15, -0.1) is 0 Å². The Balaban J connectivity index is 1.86. The van der Waals surface area contributed by atoms with E-state index >= 15 is 0 Å². The Morgan fingerprint density at radius 3 is 2.95 bits per heavy atom. The van der Waals surface area contributed by atoms with E-state index in [-0.39, 0.29) is 5.75 Å². The standard InChI is InChI=1S/C14H13F2NO2/c15-14(16)19-11-3-1-2-10(7-11)13-12(17-8-18-13)6-9-4-5-9/h1-3,7-9,14H,4-6H2. The maximum Gasteiger partial charge on any atom is 0.387 e. The van der Waals surface area contributed by atoms with Crippen molar-refractivity contribution >= 4 is 0 Å². The number of oxazole rings is 1. The number of alkyl halides is 2. The first kappa shape index (κ1) is 12.1. The number of benzene rings is 1. The van der Waals surface area contributed by atoms with Gasteiger partial charge < -0.3 is 9.15 Å². The average Bonchev–Trinajstić information content (AvgIpc) is 3.05. The van der Waals surface area contributed by atoms with Crippen LogP contribution < -0.4 is 4.74 Å². The van der Waals surface area contributed by atoms with Crippen LogP contribution >= 0.6 is 0 Å². The van der Waals surface area contributed by atoms with Gasteiger partial charge in [-0.25, -0.2) is 4.98 Å². The van der Waals surface area contributed by atoms with E-state index in [9.17, 15) is 8.78 Å². The molecule has 3 nitrogen and oxygen atoms in total. The second kappa shape index (κ2) is 4.99. The van der Waals surface area contributed by atoms with Crippen molar-refractivity contribution in [2.45, 2.75) is 25.9 Å². The van der Waals surface area contributed by atoms with E-state index < -0.39 is 6.61 Å². The SMILES string of the molecule is FC(F)Oc1cccc(-c2ocnc2CC2CC2)c1. The predicted molar refractivity (Wildman–Crippen MR) is 65.0 cm³/mol. The number of nitrogens with zero attached hydrogens (tertiary/aromatic N) is 1. The fourth-order valence-electron chi connectivity index (χ4n) is 2.06. The highest BCUT2D eigenvalue weighted by molar-refractivity contribution is 5.61. The molecule has 0 atom stereocenters. The van der Waals surface area contributed by atoms with Gasteiger partial charge in [0.25, 0.3) is 0 Å². The highest BCUT2D eigenvalue weighted by atomic mass is 19.3. The van der Waals surface area contributed by atoms with Gasteiger partial charge in [-0.2, -0.15) is 8.78 Å². The van der Waals surface area contributed by atoms with E-state index in [1.54, 1.807) is 18.2 Å². The molecule has 0 spiro atoms. The molecule has 0 saturated heterocycles. The van der Waals surface area contributed by atoms with Crippen molar-refractivity contribution in [2.75, 3.05) is 0 Å². The van der Waals surface area contributed by atoms with E-state index in [2.05, 4.69) is 9.72 Å². The summed E-state index contributed by atoms with van der Waals surface area (Å²) < 4.78 is 34.2. The molecule has 5 heteroatoms. The summed E-state index contributed by atoms with van der Waals surface area (Å²) >= 11 is 0. The minimum absolute atomic E-state index is 0.126. The van der Waals surface area contributed by atoms with Crippen LogP contribution in [0.4, 0.5) is 8.78 Å². The maximum atomic E-state index is 12.2. The zero-order chi connectivity index (χ0) is 13.2. The lowest BCUT2D eigenvalue weighted by molar-refractivity contribution is -0.0498. The zero-order valence-electron chi connectivity index (χ0n) is 10.2. The van der Waals surface area contributed by atoms with Crippen molar-refractivity contribution in [2.24, 2.45) is 5.92 Å². The second-order valence-electron chi connectivity index (χ2n) is 4.68.